The van der Waals surface area contributed by atoms with E-state index in [1.165, 1.54) is 4.90 Å². The zero-order valence-electron chi connectivity index (χ0n) is 8.42. The highest BCUT2D eigenvalue weighted by Crippen LogP contribution is 2.32. The highest BCUT2D eigenvalue weighted by atomic mass is 16.3. The van der Waals surface area contributed by atoms with Gasteiger partial charge in [-0.3, -0.25) is 0 Å². The van der Waals surface area contributed by atoms with E-state index in [1.807, 2.05) is 7.05 Å². The zero-order valence-corrected chi connectivity index (χ0v) is 8.42. The number of rotatable bonds is 0. The zero-order chi connectivity index (χ0) is 10.5. The number of aliphatic hydroxyl groups excluding tert-OH is 2. The molecule has 0 saturated carbocycles. The van der Waals surface area contributed by atoms with Crippen molar-refractivity contribution in [1.29, 1.82) is 0 Å². The summed E-state index contributed by atoms with van der Waals surface area (Å²) in [5, 5.41) is 19.6. The van der Waals surface area contributed by atoms with E-state index in [0.717, 1.165) is 5.82 Å². The lowest BCUT2D eigenvalue weighted by atomic mass is 10.3. The van der Waals surface area contributed by atoms with Crippen molar-refractivity contribution in [3.63, 3.8) is 0 Å². The van der Waals surface area contributed by atoms with Crippen molar-refractivity contribution in [2.75, 3.05) is 19.0 Å². The van der Waals surface area contributed by atoms with Crippen LogP contribution < -0.4 is 4.90 Å². The Morgan fingerprint density at radius 2 is 1.93 bits per heavy atom. The molecule has 2 N–H and O–H groups in total. The van der Waals surface area contributed by atoms with Gasteiger partial charge in [-0.15, -0.1) is 0 Å². The summed E-state index contributed by atoms with van der Waals surface area (Å²) in [6.45, 7) is 0. The first kappa shape index (κ1) is 9.45. The summed E-state index contributed by atoms with van der Waals surface area (Å²) in [7, 11) is 5.23. The van der Waals surface area contributed by atoms with E-state index in [1.54, 1.807) is 29.9 Å². The summed E-state index contributed by atoms with van der Waals surface area (Å²) in [6.07, 6.45) is -0.0544. The molecule has 14 heavy (non-hydrogen) atoms. The average molecular weight is 198 g/mol. The van der Waals surface area contributed by atoms with Gasteiger partial charge in [0.25, 0.3) is 0 Å². The normalized spacial score (nSPS) is 27.9. The van der Waals surface area contributed by atoms with Crippen LogP contribution in [0.1, 0.15) is 11.9 Å². The van der Waals surface area contributed by atoms with Gasteiger partial charge in [0.1, 0.15) is 11.5 Å². The summed E-state index contributed by atoms with van der Waals surface area (Å²) in [4.78, 5) is 7.19. The molecular formula is C8H14N4O2. The van der Waals surface area contributed by atoms with Crippen molar-refractivity contribution in [2.45, 2.75) is 12.6 Å². The van der Waals surface area contributed by atoms with Gasteiger partial charge in [-0.25, -0.2) is 9.88 Å². The van der Waals surface area contributed by atoms with Crippen LogP contribution in [0.15, 0.2) is 6.33 Å². The molecule has 2 unspecified atom stereocenters. The number of fused-ring (bicyclic) bond motifs is 1. The Labute approximate surface area is 82.0 Å². The van der Waals surface area contributed by atoms with Crippen LogP contribution in [-0.2, 0) is 7.05 Å². The predicted octanol–water partition coefficient (Wildman–Crippen LogP) is -0.932. The predicted molar refractivity (Wildman–Crippen MR) is 50.3 cm³/mol. The first-order valence-electron chi connectivity index (χ1n) is 4.36. The largest absolute Gasteiger partial charge is 0.372 e. The first-order chi connectivity index (χ1) is 6.54. The van der Waals surface area contributed by atoms with E-state index < -0.39 is 12.6 Å². The van der Waals surface area contributed by atoms with Gasteiger partial charge in [-0.1, -0.05) is 0 Å². The van der Waals surface area contributed by atoms with Crippen LogP contribution in [0.3, 0.4) is 0 Å². The minimum atomic E-state index is -0.850. The van der Waals surface area contributed by atoms with Gasteiger partial charge in [0.05, 0.1) is 6.33 Å². The van der Waals surface area contributed by atoms with E-state index in [-0.39, 0.29) is 0 Å². The van der Waals surface area contributed by atoms with Crippen molar-refractivity contribution in [3.05, 3.63) is 12.0 Å². The molecule has 2 rings (SSSR count). The maximum atomic E-state index is 9.79. The van der Waals surface area contributed by atoms with Crippen molar-refractivity contribution >= 4 is 5.82 Å². The number of aliphatic hydroxyl groups is 2. The molecule has 1 aliphatic heterocycles. The van der Waals surface area contributed by atoms with Crippen LogP contribution in [0.25, 0.3) is 0 Å². The molecule has 0 aromatic carbocycles. The van der Waals surface area contributed by atoms with E-state index in [0.29, 0.717) is 5.69 Å². The van der Waals surface area contributed by atoms with Gasteiger partial charge in [-0.2, -0.15) is 0 Å². The Bertz CT molecular complexity index is 351. The summed E-state index contributed by atoms with van der Waals surface area (Å²) < 4.78 is 1.77. The molecule has 78 valence electrons. The molecule has 0 radical (unpaired) electrons. The van der Waals surface area contributed by atoms with Crippen molar-refractivity contribution in [3.8, 4) is 0 Å². The molecule has 1 aromatic rings. The molecule has 2 heterocycles. The van der Waals surface area contributed by atoms with E-state index >= 15 is 0 Å². The molecular weight excluding hydrogens is 184 g/mol. The Morgan fingerprint density at radius 3 is 2.57 bits per heavy atom. The minimum absolute atomic E-state index is 0.572. The minimum Gasteiger partial charge on any atom is -0.372 e. The van der Waals surface area contributed by atoms with Crippen LogP contribution in [0.4, 0.5) is 5.82 Å². The van der Waals surface area contributed by atoms with Crippen LogP contribution in [0.2, 0.25) is 0 Å². The van der Waals surface area contributed by atoms with Gasteiger partial charge in [0.2, 0.25) is 0 Å². The highest BCUT2D eigenvalue weighted by molar-refractivity contribution is 5.47. The van der Waals surface area contributed by atoms with Gasteiger partial charge in [-0.05, 0) is 7.05 Å². The number of aryl methyl sites for hydroxylation is 1. The van der Waals surface area contributed by atoms with Crippen molar-refractivity contribution in [2.24, 2.45) is 7.05 Å². The summed E-state index contributed by atoms with van der Waals surface area (Å²) in [6, 6.07) is 0. The van der Waals surface area contributed by atoms with E-state index in [4.69, 9.17) is 0 Å². The SMILES string of the molecule is CN1c2c(ncn2C)C(O)N(C)C1O. The second-order valence-electron chi connectivity index (χ2n) is 3.56. The second-order valence-corrected chi connectivity index (χ2v) is 3.56. The summed E-state index contributed by atoms with van der Waals surface area (Å²) >= 11 is 0. The van der Waals surface area contributed by atoms with Gasteiger partial charge < -0.3 is 19.7 Å². The monoisotopic (exact) mass is 198 g/mol. The standard InChI is InChI=1S/C8H14N4O2/c1-10-4-9-5-6(10)11(2)8(14)12(3)7(5)13/h4,7-8,13-14H,1-3H3. The molecule has 0 amide bonds. The maximum absolute atomic E-state index is 9.79. The average Bonchev–Trinajstić information content (AvgIpc) is 2.54. The smallest absolute Gasteiger partial charge is 0.189 e. The second kappa shape index (κ2) is 2.94. The number of nitrogens with zero attached hydrogens (tertiary/aromatic N) is 4. The molecule has 0 fully saturated rings. The highest BCUT2D eigenvalue weighted by Gasteiger charge is 2.35. The number of hydrogen-bond acceptors (Lipinski definition) is 5. The molecule has 2 atom stereocenters. The number of hydrogen-bond donors (Lipinski definition) is 2. The molecule has 0 aliphatic carbocycles. The number of aromatic nitrogens is 2. The third-order valence-electron chi connectivity index (χ3n) is 2.61. The molecule has 6 heteroatoms. The first-order valence-corrected chi connectivity index (χ1v) is 4.36. The fraction of sp³-hybridized carbons (Fsp3) is 0.625. The van der Waals surface area contributed by atoms with Crippen LogP contribution in [-0.4, -0.2) is 45.1 Å². The molecule has 0 saturated heterocycles. The van der Waals surface area contributed by atoms with E-state index in [2.05, 4.69) is 4.98 Å². The van der Waals surface area contributed by atoms with Gasteiger partial charge in [0.15, 0.2) is 12.6 Å². The lowest BCUT2D eigenvalue weighted by Crippen LogP contribution is -2.51. The number of imidazole rings is 1. The third-order valence-corrected chi connectivity index (χ3v) is 2.61. The molecule has 1 aliphatic rings. The lowest BCUT2D eigenvalue weighted by Gasteiger charge is -2.39. The van der Waals surface area contributed by atoms with Gasteiger partial charge in [0, 0.05) is 14.1 Å². The Morgan fingerprint density at radius 1 is 1.29 bits per heavy atom. The fourth-order valence-electron chi connectivity index (χ4n) is 1.76. The Hall–Kier alpha value is -1.11. The summed E-state index contributed by atoms with van der Waals surface area (Å²) in [5.41, 5.74) is 0.572. The van der Waals surface area contributed by atoms with Gasteiger partial charge >= 0.3 is 0 Å². The van der Waals surface area contributed by atoms with Crippen LogP contribution >= 0.6 is 0 Å². The molecule has 1 aromatic heterocycles. The lowest BCUT2D eigenvalue weighted by molar-refractivity contribution is -0.0967. The van der Waals surface area contributed by atoms with Crippen molar-refractivity contribution in [1.82, 2.24) is 14.5 Å². The summed E-state index contributed by atoms with van der Waals surface area (Å²) in [5.74, 6) is 0.739. The number of anilines is 1. The molecule has 0 bridgehead atoms. The Kier molecular flexibility index (Phi) is 1.99. The Balaban J connectivity index is 2.53. The molecule has 6 nitrogen and oxygen atoms in total. The molecule has 0 spiro atoms. The maximum Gasteiger partial charge on any atom is 0.189 e. The van der Waals surface area contributed by atoms with Crippen LogP contribution in [0, 0.1) is 0 Å². The quantitative estimate of drug-likeness (QED) is 0.564. The van der Waals surface area contributed by atoms with E-state index in [9.17, 15) is 10.2 Å². The topological polar surface area (TPSA) is 64.8 Å². The fourth-order valence-corrected chi connectivity index (χ4v) is 1.76. The van der Waals surface area contributed by atoms with Crippen LogP contribution in [0.5, 0.6) is 0 Å². The van der Waals surface area contributed by atoms with Crippen molar-refractivity contribution < 1.29 is 10.2 Å². The third kappa shape index (κ3) is 1.05.